The number of hydrogen-bond donors (Lipinski definition) is 1. The zero-order chi connectivity index (χ0) is 16.1. The number of rotatable bonds is 5. The van der Waals surface area contributed by atoms with Gasteiger partial charge in [0.15, 0.2) is 0 Å². The van der Waals surface area contributed by atoms with Crippen molar-refractivity contribution >= 4 is 18.3 Å². The fraction of sp³-hybridized carbons (Fsp3) is 0.632. The molecule has 1 aromatic rings. The van der Waals surface area contributed by atoms with Gasteiger partial charge in [-0.3, -0.25) is 4.79 Å². The van der Waals surface area contributed by atoms with Crippen molar-refractivity contribution in [2.45, 2.75) is 56.6 Å². The second-order valence-corrected chi connectivity index (χ2v) is 6.96. The van der Waals surface area contributed by atoms with Gasteiger partial charge in [0.1, 0.15) is 0 Å². The first-order valence-electron chi connectivity index (χ1n) is 8.91. The Labute approximate surface area is 151 Å². The van der Waals surface area contributed by atoms with E-state index in [-0.39, 0.29) is 24.4 Å². The minimum absolute atomic E-state index is 0. The van der Waals surface area contributed by atoms with Crippen LogP contribution in [-0.4, -0.2) is 42.1 Å². The molecule has 0 bridgehead atoms. The average Bonchev–Trinajstić information content (AvgIpc) is 3.04. The van der Waals surface area contributed by atoms with Crippen molar-refractivity contribution in [2.24, 2.45) is 5.73 Å². The van der Waals surface area contributed by atoms with Crippen LogP contribution in [-0.2, 0) is 16.0 Å². The summed E-state index contributed by atoms with van der Waals surface area (Å²) in [7, 11) is 0. The molecular weight excluding hydrogens is 324 g/mol. The largest absolute Gasteiger partial charge is 0.378 e. The number of nitrogens with two attached hydrogens (primary N) is 1. The van der Waals surface area contributed by atoms with Crippen molar-refractivity contribution in [3.8, 4) is 0 Å². The highest BCUT2D eigenvalue weighted by atomic mass is 35.5. The highest BCUT2D eigenvalue weighted by Gasteiger charge is 2.40. The zero-order valence-corrected chi connectivity index (χ0v) is 15.1. The van der Waals surface area contributed by atoms with Gasteiger partial charge in [-0.2, -0.15) is 0 Å². The summed E-state index contributed by atoms with van der Waals surface area (Å²) in [6, 6.07) is 10.4. The van der Waals surface area contributed by atoms with E-state index in [1.807, 2.05) is 11.0 Å². The van der Waals surface area contributed by atoms with Gasteiger partial charge < -0.3 is 15.4 Å². The molecule has 0 spiro atoms. The molecule has 2 N–H and O–H groups in total. The maximum absolute atomic E-state index is 12.6. The van der Waals surface area contributed by atoms with Crippen LogP contribution in [0.5, 0.6) is 0 Å². The van der Waals surface area contributed by atoms with E-state index in [0.29, 0.717) is 0 Å². The Hall–Kier alpha value is -1.10. The number of likely N-dealkylation sites (tertiary alicyclic amines) is 1. The van der Waals surface area contributed by atoms with Gasteiger partial charge in [0.25, 0.3) is 0 Å². The van der Waals surface area contributed by atoms with Crippen LogP contribution < -0.4 is 5.73 Å². The van der Waals surface area contributed by atoms with Crippen LogP contribution in [0.4, 0.5) is 0 Å². The second-order valence-electron chi connectivity index (χ2n) is 6.96. The van der Waals surface area contributed by atoms with Crippen LogP contribution in [0.25, 0.3) is 0 Å². The highest BCUT2D eigenvalue weighted by Crippen LogP contribution is 2.30. The van der Waals surface area contributed by atoms with E-state index in [4.69, 9.17) is 10.5 Å². The summed E-state index contributed by atoms with van der Waals surface area (Å²) in [5.74, 6) is 0.165. The molecule has 2 aliphatic rings. The maximum atomic E-state index is 12.6. The molecule has 134 valence electrons. The topological polar surface area (TPSA) is 55.6 Å². The number of carbonyl (C=O) groups excluding carboxylic acids is 1. The van der Waals surface area contributed by atoms with Crippen molar-refractivity contribution in [1.29, 1.82) is 0 Å². The fourth-order valence-electron chi connectivity index (χ4n) is 3.75. The van der Waals surface area contributed by atoms with E-state index < -0.39 is 5.54 Å². The number of benzene rings is 1. The molecule has 3 rings (SSSR count). The lowest BCUT2D eigenvalue weighted by atomic mass is 9.95. The van der Waals surface area contributed by atoms with Gasteiger partial charge >= 0.3 is 0 Å². The molecule has 1 amide bonds. The van der Waals surface area contributed by atoms with Gasteiger partial charge in [0.2, 0.25) is 5.91 Å². The summed E-state index contributed by atoms with van der Waals surface area (Å²) in [4.78, 5) is 14.5. The molecule has 0 atom stereocenters. The summed E-state index contributed by atoms with van der Waals surface area (Å²) in [5.41, 5.74) is 7.02. The molecule has 1 heterocycles. The van der Waals surface area contributed by atoms with Crippen molar-refractivity contribution in [1.82, 2.24) is 4.90 Å². The molecule has 1 saturated carbocycles. The molecule has 1 aliphatic carbocycles. The maximum Gasteiger partial charge on any atom is 0.242 e. The van der Waals surface area contributed by atoms with E-state index in [0.717, 1.165) is 64.6 Å². The molecule has 5 heteroatoms. The average molecular weight is 353 g/mol. The standard InChI is InChI=1S/C19H28N2O2.ClH/c20-19(11-4-5-12-19)18(22)21-13-8-17(9-14-21)23-15-10-16-6-2-1-3-7-16;/h1-3,6-7,17H,4-5,8-15,20H2;1H. The Morgan fingerprint density at radius 3 is 2.42 bits per heavy atom. The van der Waals surface area contributed by atoms with Gasteiger partial charge in [-0.25, -0.2) is 0 Å². The monoisotopic (exact) mass is 352 g/mol. The normalized spacial score (nSPS) is 20.6. The molecule has 1 saturated heterocycles. The Bertz CT molecular complexity index is 509. The Morgan fingerprint density at radius 1 is 1.17 bits per heavy atom. The Morgan fingerprint density at radius 2 is 1.79 bits per heavy atom. The predicted molar refractivity (Wildman–Crippen MR) is 98.3 cm³/mol. The number of hydrogen-bond acceptors (Lipinski definition) is 3. The van der Waals surface area contributed by atoms with Crippen LogP contribution in [0.1, 0.15) is 44.1 Å². The number of nitrogens with zero attached hydrogens (tertiary/aromatic N) is 1. The van der Waals surface area contributed by atoms with E-state index in [9.17, 15) is 4.79 Å². The first kappa shape index (κ1) is 19.2. The van der Waals surface area contributed by atoms with Gasteiger partial charge in [0.05, 0.1) is 18.2 Å². The molecule has 0 unspecified atom stereocenters. The lowest BCUT2D eigenvalue weighted by Crippen LogP contribution is -2.55. The molecule has 1 aromatic carbocycles. The third-order valence-corrected chi connectivity index (χ3v) is 5.24. The Kier molecular flexibility index (Phi) is 7.08. The molecule has 0 radical (unpaired) electrons. The summed E-state index contributed by atoms with van der Waals surface area (Å²) in [6.07, 6.45) is 6.94. The quantitative estimate of drug-likeness (QED) is 0.886. The smallest absolute Gasteiger partial charge is 0.242 e. The number of piperidine rings is 1. The van der Waals surface area contributed by atoms with Gasteiger partial charge in [-0.15, -0.1) is 12.4 Å². The third-order valence-electron chi connectivity index (χ3n) is 5.24. The number of halogens is 1. The first-order valence-corrected chi connectivity index (χ1v) is 8.91. The first-order chi connectivity index (χ1) is 11.2. The van der Waals surface area contributed by atoms with E-state index in [2.05, 4.69) is 24.3 Å². The lowest BCUT2D eigenvalue weighted by molar-refractivity contribution is -0.139. The SMILES string of the molecule is Cl.NC1(C(=O)N2CCC(OCCc3ccccc3)CC2)CCCC1. The molecule has 1 aliphatic heterocycles. The van der Waals surface area contributed by atoms with Crippen LogP contribution in [0, 0.1) is 0 Å². The molecular formula is C19H29ClN2O2. The summed E-state index contributed by atoms with van der Waals surface area (Å²) in [5, 5.41) is 0. The molecule has 24 heavy (non-hydrogen) atoms. The van der Waals surface area contributed by atoms with Crippen LogP contribution in [0.3, 0.4) is 0 Å². The fourth-order valence-corrected chi connectivity index (χ4v) is 3.75. The van der Waals surface area contributed by atoms with Crippen LogP contribution in [0.2, 0.25) is 0 Å². The summed E-state index contributed by atoms with van der Waals surface area (Å²) < 4.78 is 6.00. The van der Waals surface area contributed by atoms with Crippen molar-refractivity contribution in [3.05, 3.63) is 35.9 Å². The van der Waals surface area contributed by atoms with Gasteiger partial charge in [-0.1, -0.05) is 43.2 Å². The van der Waals surface area contributed by atoms with Gasteiger partial charge in [-0.05, 0) is 37.7 Å². The molecule has 2 fully saturated rings. The van der Waals surface area contributed by atoms with Crippen LogP contribution >= 0.6 is 12.4 Å². The number of ether oxygens (including phenoxy) is 1. The minimum atomic E-state index is -0.582. The summed E-state index contributed by atoms with van der Waals surface area (Å²) in [6.45, 7) is 2.32. The third kappa shape index (κ3) is 4.71. The van der Waals surface area contributed by atoms with E-state index in [1.54, 1.807) is 0 Å². The number of amides is 1. The predicted octanol–water partition coefficient (Wildman–Crippen LogP) is 2.93. The second kappa shape index (κ2) is 8.84. The van der Waals surface area contributed by atoms with Crippen molar-refractivity contribution in [2.75, 3.05) is 19.7 Å². The Balaban J connectivity index is 0.00000208. The number of carbonyl (C=O) groups is 1. The minimum Gasteiger partial charge on any atom is -0.378 e. The van der Waals surface area contributed by atoms with E-state index >= 15 is 0 Å². The zero-order valence-electron chi connectivity index (χ0n) is 14.3. The van der Waals surface area contributed by atoms with Crippen molar-refractivity contribution in [3.63, 3.8) is 0 Å². The molecule has 4 nitrogen and oxygen atoms in total. The molecule has 0 aromatic heterocycles. The van der Waals surface area contributed by atoms with Crippen LogP contribution in [0.15, 0.2) is 30.3 Å². The van der Waals surface area contributed by atoms with E-state index in [1.165, 1.54) is 5.56 Å². The summed E-state index contributed by atoms with van der Waals surface area (Å²) >= 11 is 0. The van der Waals surface area contributed by atoms with Gasteiger partial charge in [0, 0.05) is 13.1 Å². The lowest BCUT2D eigenvalue weighted by Gasteiger charge is -2.36. The highest BCUT2D eigenvalue weighted by molar-refractivity contribution is 5.86. The van der Waals surface area contributed by atoms with Crippen molar-refractivity contribution < 1.29 is 9.53 Å².